The summed E-state index contributed by atoms with van der Waals surface area (Å²) in [4.78, 5) is 14.6. The molecule has 2 aliphatic rings. The van der Waals surface area contributed by atoms with Crippen LogP contribution in [0.15, 0.2) is 41.3 Å². The van der Waals surface area contributed by atoms with Crippen LogP contribution in [0, 0.1) is 0 Å². The summed E-state index contributed by atoms with van der Waals surface area (Å²) < 4.78 is 27.0. The fraction of sp³-hybridized carbons (Fsp3) is 0.353. The molecule has 1 atom stereocenters. The summed E-state index contributed by atoms with van der Waals surface area (Å²) in [5, 5.41) is 4.75. The lowest BCUT2D eigenvalue weighted by atomic mass is 10.1. The molecule has 7 heteroatoms. The Bertz CT molecular complexity index is 921. The third-order valence-corrected chi connectivity index (χ3v) is 6.71. The predicted molar refractivity (Wildman–Crippen MR) is 92.5 cm³/mol. The molecule has 1 saturated heterocycles. The second kappa shape index (κ2) is 5.46. The maximum Gasteiger partial charge on any atom is 0.265 e. The summed E-state index contributed by atoms with van der Waals surface area (Å²) >= 11 is 0. The minimum absolute atomic E-state index is 0.146. The highest BCUT2D eigenvalue weighted by atomic mass is 32.2. The lowest BCUT2D eigenvalue weighted by Gasteiger charge is -2.22. The number of rotatable bonds is 3. The van der Waals surface area contributed by atoms with Gasteiger partial charge < -0.3 is 10.2 Å². The van der Waals surface area contributed by atoms with E-state index in [4.69, 9.17) is 0 Å². The first-order valence-corrected chi connectivity index (χ1v) is 9.46. The Hall–Kier alpha value is -2.12. The van der Waals surface area contributed by atoms with Crippen LogP contribution in [0.5, 0.6) is 0 Å². The Morgan fingerprint density at radius 2 is 2.00 bits per heavy atom. The van der Waals surface area contributed by atoms with E-state index in [9.17, 15) is 13.2 Å². The van der Waals surface area contributed by atoms with E-state index >= 15 is 0 Å². The van der Waals surface area contributed by atoms with E-state index in [-0.39, 0.29) is 23.4 Å². The van der Waals surface area contributed by atoms with Crippen LogP contribution in [0.4, 0.5) is 5.69 Å². The van der Waals surface area contributed by atoms with Crippen molar-refractivity contribution < 1.29 is 13.2 Å². The summed E-state index contributed by atoms with van der Waals surface area (Å²) in [6.45, 7) is 1.14. The van der Waals surface area contributed by atoms with Crippen molar-refractivity contribution in [1.29, 1.82) is 0 Å². The van der Waals surface area contributed by atoms with Gasteiger partial charge in [0.15, 0.2) is 0 Å². The molecule has 6 nitrogen and oxygen atoms in total. The minimum atomic E-state index is -3.67. The molecule has 2 heterocycles. The van der Waals surface area contributed by atoms with Crippen LogP contribution in [0.1, 0.15) is 6.42 Å². The van der Waals surface area contributed by atoms with Crippen LogP contribution in [-0.4, -0.2) is 51.9 Å². The average Bonchev–Trinajstić information content (AvgIpc) is 3.14. The van der Waals surface area contributed by atoms with Gasteiger partial charge in [-0.15, -0.1) is 0 Å². The van der Waals surface area contributed by atoms with Crippen LogP contribution in [0.2, 0.25) is 0 Å². The average molecular weight is 345 g/mol. The van der Waals surface area contributed by atoms with Crippen molar-refractivity contribution in [2.45, 2.75) is 17.4 Å². The van der Waals surface area contributed by atoms with Crippen molar-refractivity contribution in [3.05, 3.63) is 36.4 Å². The largest absolute Gasteiger partial charge is 0.340 e. The molecule has 0 unspecified atom stereocenters. The second-order valence-electron chi connectivity index (χ2n) is 6.26. The van der Waals surface area contributed by atoms with Gasteiger partial charge in [-0.1, -0.05) is 24.3 Å². The molecule has 1 amide bonds. The summed E-state index contributed by atoms with van der Waals surface area (Å²) in [6.07, 6.45) is 0.894. The molecule has 2 aromatic carbocycles. The first-order chi connectivity index (χ1) is 11.5. The Morgan fingerprint density at radius 1 is 1.25 bits per heavy atom. The number of anilines is 1. The third-order valence-electron chi connectivity index (χ3n) is 4.91. The number of nitrogens with zero attached hydrogens (tertiary/aromatic N) is 2. The first kappa shape index (κ1) is 15.4. The summed E-state index contributed by atoms with van der Waals surface area (Å²) in [6, 6.07) is 11.0. The molecule has 2 aromatic rings. The number of benzene rings is 2. The molecule has 0 aliphatic carbocycles. The zero-order valence-corrected chi connectivity index (χ0v) is 14.2. The van der Waals surface area contributed by atoms with Crippen molar-refractivity contribution in [3.8, 4) is 0 Å². The van der Waals surface area contributed by atoms with Gasteiger partial charge in [0.1, 0.15) is 6.54 Å². The number of carbonyl (C=O) groups is 1. The Labute approximate surface area is 141 Å². The van der Waals surface area contributed by atoms with E-state index in [1.54, 1.807) is 23.1 Å². The van der Waals surface area contributed by atoms with E-state index in [1.165, 1.54) is 4.31 Å². The quantitative estimate of drug-likeness (QED) is 0.907. The van der Waals surface area contributed by atoms with Crippen molar-refractivity contribution >= 4 is 32.4 Å². The maximum atomic E-state index is 12.9. The van der Waals surface area contributed by atoms with E-state index in [0.717, 1.165) is 11.8 Å². The van der Waals surface area contributed by atoms with Gasteiger partial charge in [0, 0.05) is 24.5 Å². The van der Waals surface area contributed by atoms with Gasteiger partial charge in [-0.05, 0) is 31.0 Å². The molecular weight excluding hydrogens is 326 g/mol. The van der Waals surface area contributed by atoms with Gasteiger partial charge >= 0.3 is 0 Å². The molecule has 24 heavy (non-hydrogen) atoms. The number of sulfonamides is 1. The van der Waals surface area contributed by atoms with E-state index in [2.05, 4.69) is 5.32 Å². The van der Waals surface area contributed by atoms with Crippen LogP contribution >= 0.6 is 0 Å². The van der Waals surface area contributed by atoms with E-state index in [1.807, 2.05) is 25.2 Å². The molecule has 2 aliphatic heterocycles. The molecule has 1 N–H and O–H groups in total. The molecule has 4 rings (SSSR count). The molecule has 0 bridgehead atoms. The SMILES string of the molecule is CN[C@H]1CCN(C(=O)CN2c3cccc4cccc(c34)S2(=O)=O)C1. The number of amides is 1. The smallest absolute Gasteiger partial charge is 0.265 e. The minimum Gasteiger partial charge on any atom is -0.340 e. The van der Waals surface area contributed by atoms with E-state index in [0.29, 0.717) is 24.2 Å². The van der Waals surface area contributed by atoms with Crippen LogP contribution < -0.4 is 9.62 Å². The van der Waals surface area contributed by atoms with Gasteiger partial charge in [0.2, 0.25) is 5.91 Å². The molecule has 126 valence electrons. The third kappa shape index (κ3) is 2.19. The molecule has 0 spiro atoms. The van der Waals surface area contributed by atoms with Crippen molar-refractivity contribution in [2.24, 2.45) is 0 Å². The molecule has 0 radical (unpaired) electrons. The first-order valence-electron chi connectivity index (χ1n) is 8.02. The molecule has 0 saturated carbocycles. The lowest BCUT2D eigenvalue weighted by molar-refractivity contribution is -0.128. The monoisotopic (exact) mass is 345 g/mol. The van der Waals surface area contributed by atoms with Crippen molar-refractivity contribution in [1.82, 2.24) is 10.2 Å². The molecular formula is C17H19N3O3S. The highest BCUT2D eigenvalue weighted by molar-refractivity contribution is 7.93. The van der Waals surface area contributed by atoms with Crippen LogP contribution in [0.25, 0.3) is 10.8 Å². The maximum absolute atomic E-state index is 12.9. The standard InChI is InChI=1S/C17H19N3O3S/c1-18-13-8-9-19(10-13)16(21)11-20-14-6-2-4-12-5-3-7-15(17(12)14)24(20,22)23/h2-7,13,18H,8-11H2,1H3/t13-/m0/s1. The van der Waals surface area contributed by atoms with Crippen LogP contribution in [-0.2, 0) is 14.8 Å². The predicted octanol–water partition coefficient (Wildman–Crippen LogP) is 1.17. The Kier molecular flexibility index (Phi) is 3.51. The number of likely N-dealkylation sites (N-methyl/N-ethyl adjacent to an activating group) is 1. The van der Waals surface area contributed by atoms with Gasteiger partial charge in [-0.25, -0.2) is 8.42 Å². The number of hydrogen-bond donors (Lipinski definition) is 1. The fourth-order valence-electron chi connectivity index (χ4n) is 3.57. The lowest BCUT2D eigenvalue weighted by Crippen LogP contribution is -2.41. The Balaban J connectivity index is 1.68. The van der Waals surface area contributed by atoms with Crippen molar-refractivity contribution in [2.75, 3.05) is 31.0 Å². The summed E-state index contributed by atoms with van der Waals surface area (Å²) in [5.74, 6) is -0.152. The highest BCUT2D eigenvalue weighted by Crippen LogP contribution is 2.41. The van der Waals surface area contributed by atoms with Gasteiger partial charge in [-0.3, -0.25) is 9.10 Å². The number of carbonyl (C=O) groups excluding carboxylic acids is 1. The second-order valence-corrected chi connectivity index (χ2v) is 8.09. The van der Waals surface area contributed by atoms with E-state index < -0.39 is 10.0 Å². The number of likely N-dealkylation sites (tertiary alicyclic amines) is 1. The topological polar surface area (TPSA) is 69.7 Å². The Morgan fingerprint density at radius 3 is 2.71 bits per heavy atom. The van der Waals surface area contributed by atoms with Gasteiger partial charge in [0.25, 0.3) is 10.0 Å². The zero-order valence-electron chi connectivity index (χ0n) is 13.4. The van der Waals surface area contributed by atoms with Gasteiger partial charge in [0.05, 0.1) is 10.6 Å². The number of hydrogen-bond acceptors (Lipinski definition) is 4. The highest BCUT2D eigenvalue weighted by Gasteiger charge is 2.38. The van der Waals surface area contributed by atoms with Gasteiger partial charge in [-0.2, -0.15) is 0 Å². The normalized spacial score (nSPS) is 21.6. The summed E-state index contributed by atoms with van der Waals surface area (Å²) in [7, 11) is -1.80. The molecule has 1 fully saturated rings. The zero-order chi connectivity index (χ0) is 16.9. The van der Waals surface area contributed by atoms with Crippen molar-refractivity contribution in [3.63, 3.8) is 0 Å². The summed E-state index contributed by atoms with van der Waals surface area (Å²) in [5.41, 5.74) is 0.598. The number of nitrogens with one attached hydrogen (secondary N) is 1. The van der Waals surface area contributed by atoms with Crippen LogP contribution in [0.3, 0.4) is 0 Å². The molecule has 0 aromatic heterocycles. The fourth-order valence-corrected chi connectivity index (χ4v) is 5.23.